The maximum atomic E-state index is 10.1. The molecule has 2 nitrogen and oxygen atoms in total. The largest absolute Gasteiger partial charge is 0.246 e. The van der Waals surface area contributed by atoms with Crippen molar-refractivity contribution < 1.29 is 0 Å². The second-order valence-electron chi connectivity index (χ2n) is 8.45. The van der Waals surface area contributed by atoms with Gasteiger partial charge in [-0.05, 0) is 22.6 Å². The zero-order valence-corrected chi connectivity index (χ0v) is 17.6. The van der Waals surface area contributed by atoms with Gasteiger partial charge in [0.2, 0.25) is 0 Å². The topological polar surface area (TPSA) is 36.7 Å². The van der Waals surface area contributed by atoms with Crippen LogP contribution in [0.4, 0.5) is 0 Å². The van der Waals surface area contributed by atoms with Crippen LogP contribution in [0.1, 0.15) is 31.9 Å². The predicted octanol–water partition coefficient (Wildman–Crippen LogP) is 7.25. The minimum absolute atomic E-state index is 0.0745. The van der Waals surface area contributed by atoms with Crippen LogP contribution in [0.3, 0.4) is 0 Å². The number of pyridine rings is 1. The van der Waals surface area contributed by atoms with Gasteiger partial charge in [-0.15, -0.1) is 0 Å². The lowest BCUT2D eigenvalue weighted by molar-refractivity contribution is 0.590. The predicted molar refractivity (Wildman–Crippen MR) is 124 cm³/mol. The van der Waals surface area contributed by atoms with Crippen LogP contribution in [-0.2, 0) is 5.41 Å². The van der Waals surface area contributed by atoms with Crippen LogP contribution < -0.4 is 0 Å². The van der Waals surface area contributed by atoms with Crippen molar-refractivity contribution in [1.82, 2.24) is 4.98 Å². The smallest absolute Gasteiger partial charge is 0.102 e. The molecule has 4 rings (SSSR count). The molecule has 0 unspecified atom stereocenters. The highest BCUT2D eigenvalue weighted by Crippen LogP contribution is 2.35. The first kappa shape index (κ1) is 19.6. The number of hydrogen-bond acceptors (Lipinski definition) is 2. The molecular formula is C28H24N2. The maximum absolute atomic E-state index is 10.1. The van der Waals surface area contributed by atoms with E-state index in [1.165, 1.54) is 5.56 Å². The molecule has 0 saturated carbocycles. The van der Waals surface area contributed by atoms with Crippen LogP contribution >= 0.6 is 0 Å². The molecule has 1 heterocycles. The molecule has 0 bridgehead atoms. The number of nitrogens with zero attached hydrogens (tertiary/aromatic N) is 2. The molecule has 3 aromatic carbocycles. The van der Waals surface area contributed by atoms with Crippen LogP contribution in [-0.4, -0.2) is 4.98 Å². The van der Waals surface area contributed by atoms with Crippen molar-refractivity contribution in [1.29, 1.82) is 5.26 Å². The van der Waals surface area contributed by atoms with E-state index >= 15 is 0 Å². The highest BCUT2D eigenvalue weighted by atomic mass is 14.7. The molecule has 146 valence electrons. The van der Waals surface area contributed by atoms with E-state index in [1.807, 2.05) is 54.6 Å². The van der Waals surface area contributed by atoms with Gasteiger partial charge in [-0.2, -0.15) is 5.26 Å². The maximum Gasteiger partial charge on any atom is 0.102 e. The van der Waals surface area contributed by atoms with E-state index in [1.54, 1.807) is 0 Å². The lowest BCUT2D eigenvalue weighted by Gasteiger charge is -2.19. The van der Waals surface area contributed by atoms with Crippen molar-refractivity contribution >= 4 is 0 Å². The molecular weight excluding hydrogens is 364 g/mol. The molecule has 0 aliphatic rings. The first-order valence-corrected chi connectivity index (χ1v) is 10.1. The summed E-state index contributed by atoms with van der Waals surface area (Å²) < 4.78 is 0. The van der Waals surface area contributed by atoms with E-state index in [4.69, 9.17) is 4.98 Å². The van der Waals surface area contributed by atoms with Crippen molar-refractivity contribution in [2.24, 2.45) is 0 Å². The molecule has 0 saturated heterocycles. The fourth-order valence-electron chi connectivity index (χ4n) is 3.60. The second-order valence-corrected chi connectivity index (χ2v) is 8.45. The third kappa shape index (κ3) is 3.88. The van der Waals surface area contributed by atoms with Gasteiger partial charge in [0.25, 0.3) is 0 Å². The van der Waals surface area contributed by atoms with E-state index in [2.05, 4.69) is 63.2 Å². The molecule has 0 amide bonds. The number of rotatable bonds is 3. The van der Waals surface area contributed by atoms with Crippen molar-refractivity contribution in [3.8, 4) is 39.7 Å². The normalized spacial score (nSPS) is 11.1. The third-order valence-electron chi connectivity index (χ3n) is 5.31. The van der Waals surface area contributed by atoms with Crippen molar-refractivity contribution in [3.63, 3.8) is 0 Å². The van der Waals surface area contributed by atoms with Crippen molar-refractivity contribution in [2.45, 2.75) is 26.2 Å². The van der Waals surface area contributed by atoms with Gasteiger partial charge < -0.3 is 0 Å². The van der Waals surface area contributed by atoms with Crippen molar-refractivity contribution in [3.05, 3.63) is 102 Å². The average Bonchev–Trinajstić information content (AvgIpc) is 2.79. The van der Waals surface area contributed by atoms with Gasteiger partial charge in [-0.3, -0.25) is 0 Å². The minimum Gasteiger partial charge on any atom is -0.246 e. The monoisotopic (exact) mass is 388 g/mol. The Morgan fingerprint density at radius 2 is 1.27 bits per heavy atom. The first-order chi connectivity index (χ1) is 14.5. The quantitative estimate of drug-likeness (QED) is 0.370. The molecule has 1 aromatic heterocycles. The van der Waals surface area contributed by atoms with E-state index in [-0.39, 0.29) is 5.41 Å². The van der Waals surface area contributed by atoms with Crippen LogP contribution in [0.5, 0.6) is 0 Å². The zero-order valence-electron chi connectivity index (χ0n) is 17.6. The van der Waals surface area contributed by atoms with Crippen LogP contribution in [0.2, 0.25) is 0 Å². The van der Waals surface area contributed by atoms with Crippen LogP contribution in [0, 0.1) is 11.3 Å². The number of benzene rings is 3. The SMILES string of the molecule is CC(C)(C)c1ccc(-c2nc(-c3ccccc3)cc(-c3ccccc3)c2C#N)cc1. The Kier molecular flexibility index (Phi) is 5.21. The van der Waals surface area contributed by atoms with Gasteiger partial charge in [0.15, 0.2) is 0 Å². The summed E-state index contributed by atoms with van der Waals surface area (Å²) >= 11 is 0. The summed E-state index contributed by atoms with van der Waals surface area (Å²) in [5.74, 6) is 0. The molecule has 0 N–H and O–H groups in total. The fraction of sp³-hybridized carbons (Fsp3) is 0.143. The highest BCUT2D eigenvalue weighted by molar-refractivity contribution is 5.83. The number of hydrogen-bond donors (Lipinski definition) is 0. The first-order valence-electron chi connectivity index (χ1n) is 10.1. The Morgan fingerprint density at radius 3 is 1.80 bits per heavy atom. The number of aromatic nitrogens is 1. The lowest BCUT2D eigenvalue weighted by Crippen LogP contribution is -2.10. The third-order valence-corrected chi connectivity index (χ3v) is 5.31. The van der Waals surface area contributed by atoms with Gasteiger partial charge in [0.05, 0.1) is 17.0 Å². The Hall–Kier alpha value is -3.70. The zero-order chi connectivity index (χ0) is 21.1. The Labute approximate surface area is 178 Å². The highest BCUT2D eigenvalue weighted by Gasteiger charge is 2.18. The Morgan fingerprint density at radius 1 is 0.700 bits per heavy atom. The van der Waals surface area contributed by atoms with Crippen molar-refractivity contribution in [2.75, 3.05) is 0 Å². The molecule has 0 aliphatic heterocycles. The minimum atomic E-state index is 0.0745. The van der Waals surface area contributed by atoms with Gasteiger partial charge in [-0.25, -0.2) is 4.98 Å². The number of nitriles is 1. The van der Waals surface area contributed by atoms with Gasteiger partial charge in [0.1, 0.15) is 6.07 Å². The molecule has 4 aromatic rings. The standard InChI is InChI=1S/C28H24N2/c1-28(2,3)23-16-14-22(15-17-23)27-25(19-29)24(20-10-6-4-7-11-20)18-26(30-27)21-12-8-5-9-13-21/h4-18H,1-3H3. The second kappa shape index (κ2) is 7.97. The molecule has 0 fully saturated rings. The van der Waals surface area contributed by atoms with E-state index in [0.29, 0.717) is 5.56 Å². The van der Waals surface area contributed by atoms with Crippen LogP contribution in [0.15, 0.2) is 91.0 Å². The summed E-state index contributed by atoms with van der Waals surface area (Å²) in [5.41, 5.74) is 7.42. The molecule has 30 heavy (non-hydrogen) atoms. The lowest BCUT2D eigenvalue weighted by atomic mass is 9.86. The molecule has 2 heteroatoms. The fourth-order valence-corrected chi connectivity index (χ4v) is 3.60. The molecule has 0 spiro atoms. The summed E-state index contributed by atoms with van der Waals surface area (Å²) in [7, 11) is 0. The molecule has 0 atom stereocenters. The molecule has 0 radical (unpaired) electrons. The van der Waals surface area contributed by atoms with E-state index in [9.17, 15) is 5.26 Å². The summed E-state index contributed by atoms with van der Waals surface area (Å²) in [4.78, 5) is 4.94. The van der Waals surface area contributed by atoms with Gasteiger partial charge in [-0.1, -0.05) is 106 Å². The van der Waals surface area contributed by atoms with Gasteiger partial charge >= 0.3 is 0 Å². The Balaban J connectivity index is 1.96. The van der Waals surface area contributed by atoms with Gasteiger partial charge in [0, 0.05) is 16.7 Å². The van der Waals surface area contributed by atoms with E-state index in [0.717, 1.165) is 33.6 Å². The average molecular weight is 389 g/mol. The summed E-state index contributed by atoms with van der Waals surface area (Å²) in [6.07, 6.45) is 0. The summed E-state index contributed by atoms with van der Waals surface area (Å²) in [5, 5.41) is 10.1. The Bertz CT molecular complexity index is 1190. The van der Waals surface area contributed by atoms with Crippen LogP contribution in [0.25, 0.3) is 33.6 Å². The van der Waals surface area contributed by atoms with E-state index < -0.39 is 0 Å². The molecule has 0 aliphatic carbocycles. The summed E-state index contributed by atoms with van der Waals surface area (Å²) in [6, 6.07) is 33.0. The summed E-state index contributed by atoms with van der Waals surface area (Å²) in [6.45, 7) is 6.60.